The number of esters is 1. The van der Waals surface area contributed by atoms with Crippen LogP contribution in [0.5, 0.6) is 0 Å². The van der Waals surface area contributed by atoms with E-state index in [0.717, 1.165) is 5.57 Å². The maximum atomic E-state index is 14.7. The molecule has 3 heterocycles. The van der Waals surface area contributed by atoms with E-state index in [1.54, 1.807) is 86.1 Å². The number of alkyl carbamates (subject to hydrolysis) is 1. The van der Waals surface area contributed by atoms with Crippen LogP contribution in [0.25, 0.3) is 0 Å². The molecule has 1 aromatic rings. The molecule has 1 aromatic carbocycles. The van der Waals surface area contributed by atoms with Crippen LogP contribution < -0.4 is 32.7 Å². The molecule has 10 N–H and O–H groups in total. The number of nitrogens with zero attached hydrogens (tertiary/aromatic N) is 1. The van der Waals surface area contributed by atoms with Crippen LogP contribution in [0.15, 0.2) is 71.9 Å². The predicted octanol–water partition coefficient (Wildman–Crippen LogP) is 7.58. The first kappa shape index (κ1) is 82.0. The van der Waals surface area contributed by atoms with Gasteiger partial charge in [-0.2, -0.15) is 0 Å². The summed E-state index contributed by atoms with van der Waals surface area (Å²) in [6, 6.07) is 2.92. The number of aliphatic hydroxyl groups is 2. The number of carbonyl (C=O) groups excluding carboxylic acids is 9. The Bertz CT molecular complexity index is 2940. The monoisotopic (exact) mass is 1380 g/mol. The van der Waals surface area contributed by atoms with Crippen molar-refractivity contribution in [2.45, 2.75) is 226 Å². The summed E-state index contributed by atoms with van der Waals surface area (Å²) in [6.07, 6.45) is 12.4. The number of piperidine rings is 1. The maximum Gasteiger partial charge on any atom is 0.409 e. The number of carbonyl (C=O) groups is 9. The summed E-state index contributed by atoms with van der Waals surface area (Å²) in [7, 11) is 3.18. The van der Waals surface area contributed by atoms with Crippen molar-refractivity contribution in [3.63, 3.8) is 0 Å². The number of hydrogen-bond acceptors (Lipinski definition) is 19. The minimum Gasteiger partial charge on any atom is -0.460 e. The fraction of sp³-hybridized carbons (Fsp3) is 0.685. The average molecular weight is 1380 g/mol. The Morgan fingerprint density at radius 1 is 0.827 bits per heavy atom. The largest absolute Gasteiger partial charge is 0.460 e. The van der Waals surface area contributed by atoms with Crippen molar-refractivity contribution in [2.24, 2.45) is 58.8 Å². The van der Waals surface area contributed by atoms with E-state index in [9.17, 15) is 53.4 Å². The van der Waals surface area contributed by atoms with Crippen molar-refractivity contribution < 1.29 is 86.5 Å². The Morgan fingerprint density at radius 2 is 1.55 bits per heavy atom. The highest BCUT2D eigenvalue weighted by Gasteiger charge is 2.53. The highest BCUT2D eigenvalue weighted by atomic mass is 16.6. The molecule has 1 unspecified atom stereocenters. The minimum absolute atomic E-state index is 0.0367. The van der Waals surface area contributed by atoms with E-state index in [0.29, 0.717) is 87.5 Å². The number of aliphatic hydroxyl groups excluding tert-OH is 1. The number of fused-ring (bicyclic) bond motifs is 3. The second-order valence-electron chi connectivity index (χ2n) is 27.8. The van der Waals surface area contributed by atoms with Gasteiger partial charge in [0.25, 0.3) is 11.7 Å². The maximum absolute atomic E-state index is 14.7. The topological polar surface area (TPSA) is 362 Å². The average Bonchev–Trinajstić information content (AvgIpc) is 0.774. The molecular weight excluding hydrogens is 1260 g/mol. The zero-order valence-electron chi connectivity index (χ0n) is 59.8. The first-order valence-electron chi connectivity index (χ1n) is 35.0. The smallest absolute Gasteiger partial charge is 0.409 e. The van der Waals surface area contributed by atoms with E-state index in [1.807, 2.05) is 58.1 Å². The molecule has 25 heteroatoms. The van der Waals surface area contributed by atoms with Crippen LogP contribution in [0.4, 0.5) is 15.3 Å². The van der Waals surface area contributed by atoms with E-state index in [-0.39, 0.29) is 106 Å². The highest BCUT2D eigenvalue weighted by Crippen LogP contribution is 2.38. The minimum atomic E-state index is -2.47. The lowest BCUT2D eigenvalue weighted by Crippen LogP contribution is -2.61. The standard InChI is InChI=1S/C73H113N7O18/c1-43(2)63(74)68(86)79-56(21-18-31-76-71(75)89)67(85)78-54-27-24-52(25-28-54)41-96-72(90)77-42-94-33-34-95-59-30-26-53(38-62(59)93-12)37-47(6)61-40-58(81)46(5)36-49(8)65(83)51(10)64(82)48(7)35-44(3)19-14-13-15-20-45(4)60(92-11)39-55-29-23-50(9)73(91,98-55)66(84)69(87)80-32-17-16-22-57(80)70(88)97-61/h13-15,19-20,24-25,27-28,36,43-44,46-48,50-51,53,55-57,59-63,65,83,91H,16-18,21-23,26,29-35,37-42,74H2,1-12H3,(H,77,90)(H,78,85)(H,79,86)(H3,75,76,89)/b15-13?,19-14+,45-20?,49-36+/t44-,46-,47+,48-,50-,51+,53-,55+,56+,57?,59-,60+,61+,62-,63+,65-,73-/m1/s1. The summed E-state index contributed by atoms with van der Waals surface area (Å²) in [5.41, 5.74) is 13.5. The van der Waals surface area contributed by atoms with Gasteiger partial charge in [-0.15, -0.1) is 0 Å². The van der Waals surface area contributed by atoms with Crippen LogP contribution in [0.2, 0.25) is 0 Å². The summed E-state index contributed by atoms with van der Waals surface area (Å²) in [4.78, 5) is 123. The second-order valence-corrected chi connectivity index (χ2v) is 27.8. The third kappa shape index (κ3) is 25.2. The number of Topliss-reactive ketones (excluding diaryl/α,β-unsaturated/α-hetero) is 3. The molecular formula is C73H113N7O18. The summed E-state index contributed by atoms with van der Waals surface area (Å²) >= 11 is 0. The molecule has 1 saturated carbocycles. The first-order valence-corrected chi connectivity index (χ1v) is 35.0. The van der Waals surface area contributed by atoms with Gasteiger partial charge in [0.15, 0.2) is 0 Å². The highest BCUT2D eigenvalue weighted by molar-refractivity contribution is 6.39. The molecule has 2 bridgehead atoms. The van der Waals surface area contributed by atoms with Gasteiger partial charge in [-0.3, -0.25) is 34.1 Å². The quantitative estimate of drug-likeness (QED) is 0.0182. The Hall–Kier alpha value is -6.71. The number of primary amides is 1. The van der Waals surface area contributed by atoms with Crippen LogP contribution in [0.1, 0.15) is 165 Å². The summed E-state index contributed by atoms with van der Waals surface area (Å²) in [5, 5.41) is 34.1. The number of hydrogen-bond donors (Lipinski definition) is 8. The van der Waals surface area contributed by atoms with Crippen LogP contribution in [-0.2, 0) is 73.3 Å². The molecule has 3 fully saturated rings. The molecule has 3 aliphatic heterocycles. The number of amides is 6. The normalized spacial score (nSPS) is 30.3. The number of benzene rings is 1. The van der Waals surface area contributed by atoms with Gasteiger partial charge in [-0.05, 0) is 143 Å². The fourth-order valence-electron chi connectivity index (χ4n) is 13.3. The third-order valence-electron chi connectivity index (χ3n) is 19.6. The molecule has 6 amide bonds. The van der Waals surface area contributed by atoms with Gasteiger partial charge in [0.2, 0.25) is 17.6 Å². The molecule has 5 rings (SSSR count). The van der Waals surface area contributed by atoms with Gasteiger partial charge in [0, 0.05) is 69.5 Å². The Morgan fingerprint density at radius 3 is 2.23 bits per heavy atom. The molecule has 17 atom stereocenters. The summed E-state index contributed by atoms with van der Waals surface area (Å²) in [6.45, 7) is 18.4. The molecule has 0 spiro atoms. The molecule has 1 aliphatic carbocycles. The number of rotatable bonds is 22. The lowest BCUT2D eigenvalue weighted by molar-refractivity contribution is -0.265. The van der Waals surface area contributed by atoms with E-state index < -0.39 is 114 Å². The van der Waals surface area contributed by atoms with E-state index in [1.165, 1.54) is 4.90 Å². The number of allylic oxidation sites excluding steroid dienone is 6. The fourth-order valence-corrected chi connectivity index (χ4v) is 13.3. The number of cyclic esters (lactones) is 1. The molecule has 548 valence electrons. The van der Waals surface area contributed by atoms with Crippen molar-refractivity contribution in [1.82, 2.24) is 20.9 Å². The lowest BCUT2D eigenvalue weighted by Gasteiger charge is -2.42. The summed E-state index contributed by atoms with van der Waals surface area (Å²) < 4.78 is 41.7. The number of anilines is 1. The second kappa shape index (κ2) is 40.5. The lowest BCUT2D eigenvalue weighted by atomic mass is 9.78. The van der Waals surface area contributed by atoms with Gasteiger partial charge in [-0.1, -0.05) is 104 Å². The molecule has 2 saturated heterocycles. The first-order chi connectivity index (χ1) is 46.5. The Labute approximate surface area is 579 Å². The Balaban J connectivity index is 1.20. The van der Waals surface area contributed by atoms with Gasteiger partial charge in [-0.25, -0.2) is 14.4 Å². The number of nitrogens with one attached hydrogen (secondary N) is 4. The van der Waals surface area contributed by atoms with E-state index >= 15 is 0 Å². The number of urea groups is 1. The zero-order chi connectivity index (χ0) is 72.4. The molecule has 98 heavy (non-hydrogen) atoms. The SMILES string of the molecule is CO[C@H]1C[C@@H]2CC[C@@H](C)[C@@](O)(O2)C(=O)C(=O)N2CCCCC2C(=O)O[C@H]([C@@H](C)C[C@H]2CC[C@@H](OCCOCNC(=O)OCc3ccc(NC(=O)[C@H](CCCNC(N)=O)NC(=O)[C@@H](N)C(C)C)cc3)[C@H](OC)C2)CC(=O)[C@H](C)/C=C(\C)[C@@H](O)[C@@H](C)C(=O)[C@H](C)C[C@H](C)/C=C/C=CC=C1C. The van der Waals surface area contributed by atoms with Gasteiger partial charge in [0.05, 0.1) is 49.8 Å². The van der Waals surface area contributed by atoms with Crippen LogP contribution in [0, 0.1) is 47.3 Å². The number of ketones is 3. The summed E-state index contributed by atoms with van der Waals surface area (Å²) in [5.74, 6) is -9.91. The zero-order valence-corrected chi connectivity index (χ0v) is 59.8. The van der Waals surface area contributed by atoms with Crippen LogP contribution >= 0.6 is 0 Å². The van der Waals surface area contributed by atoms with Crippen molar-refractivity contribution >= 4 is 58.9 Å². The molecule has 0 radical (unpaired) electrons. The van der Waals surface area contributed by atoms with Crippen molar-refractivity contribution in [3.8, 4) is 0 Å². The van der Waals surface area contributed by atoms with Crippen LogP contribution in [-0.4, -0.2) is 176 Å². The number of ether oxygens (including phenoxy) is 7. The van der Waals surface area contributed by atoms with E-state index in [2.05, 4.69) is 21.3 Å². The third-order valence-corrected chi connectivity index (χ3v) is 19.6. The van der Waals surface area contributed by atoms with Crippen molar-refractivity contribution in [2.75, 3.05) is 52.6 Å². The molecule has 4 aliphatic rings. The van der Waals surface area contributed by atoms with Crippen LogP contribution in [0.3, 0.4) is 0 Å². The Kier molecular flexibility index (Phi) is 33.9. The van der Waals surface area contributed by atoms with E-state index in [4.69, 9.17) is 44.6 Å². The number of nitrogens with two attached hydrogens (primary N) is 2. The molecule has 0 aromatic heterocycles. The van der Waals surface area contributed by atoms with Gasteiger partial charge in [0.1, 0.15) is 43.1 Å². The molecule has 25 nitrogen and oxygen atoms in total. The van der Waals surface area contributed by atoms with Crippen molar-refractivity contribution in [1.29, 1.82) is 0 Å². The predicted molar refractivity (Wildman–Crippen MR) is 368 cm³/mol. The number of methoxy groups -OCH3 is 2. The van der Waals surface area contributed by atoms with Gasteiger partial charge < -0.3 is 75.7 Å². The van der Waals surface area contributed by atoms with Gasteiger partial charge >= 0.3 is 18.1 Å². The van der Waals surface area contributed by atoms with Crippen molar-refractivity contribution in [3.05, 3.63) is 77.4 Å².